The van der Waals surface area contributed by atoms with Gasteiger partial charge in [-0.1, -0.05) is 0 Å². The molecule has 0 aliphatic carbocycles. The number of aliphatic imine (C=N–C) groups is 1. The van der Waals surface area contributed by atoms with Gasteiger partial charge < -0.3 is 15.5 Å². The molecule has 1 aliphatic rings. The van der Waals surface area contributed by atoms with Crippen LogP contribution < -0.4 is 10.6 Å². The van der Waals surface area contributed by atoms with E-state index in [9.17, 15) is 0 Å². The van der Waals surface area contributed by atoms with Gasteiger partial charge in [0, 0.05) is 38.3 Å². The SMILES string of the molecule is CCNC(=NCC1CCN(C)CC1)NCCN(C(C)C)C(C)C.I. The van der Waals surface area contributed by atoms with Crippen LogP contribution in [0.25, 0.3) is 0 Å². The molecule has 5 nitrogen and oxygen atoms in total. The first-order chi connectivity index (χ1) is 10.9. The van der Waals surface area contributed by atoms with E-state index in [1.54, 1.807) is 0 Å². The van der Waals surface area contributed by atoms with Gasteiger partial charge >= 0.3 is 0 Å². The Bertz CT molecular complexity index is 330. The smallest absolute Gasteiger partial charge is 0.191 e. The molecule has 0 radical (unpaired) electrons. The average Bonchev–Trinajstić information content (AvgIpc) is 2.49. The van der Waals surface area contributed by atoms with Crippen LogP contribution in [-0.2, 0) is 0 Å². The Morgan fingerprint density at radius 1 is 1.12 bits per heavy atom. The highest BCUT2D eigenvalue weighted by Crippen LogP contribution is 2.15. The van der Waals surface area contributed by atoms with Crippen LogP contribution in [0.5, 0.6) is 0 Å². The average molecular weight is 453 g/mol. The highest BCUT2D eigenvalue weighted by atomic mass is 127. The quantitative estimate of drug-likeness (QED) is 0.337. The van der Waals surface area contributed by atoms with Crippen molar-refractivity contribution >= 4 is 29.9 Å². The van der Waals surface area contributed by atoms with Crippen LogP contribution in [0.15, 0.2) is 4.99 Å². The Labute approximate surface area is 167 Å². The zero-order valence-corrected chi connectivity index (χ0v) is 19.0. The van der Waals surface area contributed by atoms with Crippen molar-refractivity contribution in [3.8, 4) is 0 Å². The first-order valence-electron chi connectivity index (χ1n) is 9.40. The normalized spacial score (nSPS) is 17.5. The van der Waals surface area contributed by atoms with Gasteiger partial charge in [0.15, 0.2) is 5.96 Å². The van der Waals surface area contributed by atoms with Gasteiger partial charge in [0.05, 0.1) is 0 Å². The van der Waals surface area contributed by atoms with Crippen molar-refractivity contribution in [2.45, 2.75) is 59.5 Å². The molecule has 1 rings (SSSR count). The Hall–Kier alpha value is -0.0800. The summed E-state index contributed by atoms with van der Waals surface area (Å²) in [6, 6.07) is 1.16. The lowest BCUT2D eigenvalue weighted by atomic mass is 9.97. The van der Waals surface area contributed by atoms with Gasteiger partial charge in [-0.15, -0.1) is 24.0 Å². The third-order valence-corrected chi connectivity index (χ3v) is 4.68. The predicted octanol–water partition coefficient (Wildman–Crippen LogP) is 2.62. The molecule has 0 aromatic heterocycles. The van der Waals surface area contributed by atoms with E-state index in [0.717, 1.165) is 38.1 Å². The van der Waals surface area contributed by atoms with Crippen molar-refractivity contribution in [1.82, 2.24) is 20.4 Å². The summed E-state index contributed by atoms with van der Waals surface area (Å²) < 4.78 is 0. The molecule has 0 unspecified atom stereocenters. The zero-order valence-electron chi connectivity index (χ0n) is 16.6. The third kappa shape index (κ3) is 9.42. The van der Waals surface area contributed by atoms with Gasteiger partial charge in [-0.05, 0) is 73.5 Å². The molecule has 1 aliphatic heterocycles. The summed E-state index contributed by atoms with van der Waals surface area (Å²) in [5.41, 5.74) is 0. The Morgan fingerprint density at radius 2 is 1.71 bits per heavy atom. The second-order valence-electron chi connectivity index (χ2n) is 7.32. The highest BCUT2D eigenvalue weighted by molar-refractivity contribution is 14.0. The number of hydrogen-bond donors (Lipinski definition) is 2. The number of guanidine groups is 1. The molecule has 0 atom stereocenters. The lowest BCUT2D eigenvalue weighted by Gasteiger charge is -2.30. The lowest BCUT2D eigenvalue weighted by Crippen LogP contribution is -2.45. The minimum Gasteiger partial charge on any atom is -0.357 e. The van der Waals surface area contributed by atoms with Crippen LogP contribution in [0.4, 0.5) is 0 Å². The van der Waals surface area contributed by atoms with Gasteiger partial charge in [0.25, 0.3) is 0 Å². The maximum atomic E-state index is 4.81. The monoisotopic (exact) mass is 453 g/mol. The van der Waals surface area contributed by atoms with Crippen molar-refractivity contribution < 1.29 is 0 Å². The Kier molecular flexibility index (Phi) is 13.1. The number of nitrogens with zero attached hydrogens (tertiary/aromatic N) is 3. The molecule has 2 N–H and O–H groups in total. The first-order valence-corrected chi connectivity index (χ1v) is 9.40. The number of halogens is 1. The zero-order chi connectivity index (χ0) is 17.2. The third-order valence-electron chi connectivity index (χ3n) is 4.68. The molecular formula is C18H40IN5. The second-order valence-corrected chi connectivity index (χ2v) is 7.32. The molecule has 0 aromatic carbocycles. The Balaban J connectivity index is 0.00000529. The maximum Gasteiger partial charge on any atom is 0.191 e. The van der Waals surface area contributed by atoms with Gasteiger partial charge in [-0.25, -0.2) is 0 Å². The number of likely N-dealkylation sites (tertiary alicyclic amines) is 1. The molecule has 1 fully saturated rings. The van der Waals surface area contributed by atoms with E-state index in [4.69, 9.17) is 4.99 Å². The van der Waals surface area contributed by atoms with Gasteiger partial charge in [-0.3, -0.25) is 9.89 Å². The van der Waals surface area contributed by atoms with Crippen molar-refractivity contribution in [2.24, 2.45) is 10.9 Å². The summed E-state index contributed by atoms with van der Waals surface area (Å²) >= 11 is 0. The number of hydrogen-bond acceptors (Lipinski definition) is 3. The van der Waals surface area contributed by atoms with Crippen molar-refractivity contribution in [1.29, 1.82) is 0 Å². The van der Waals surface area contributed by atoms with E-state index in [1.807, 2.05) is 0 Å². The van der Waals surface area contributed by atoms with Gasteiger partial charge in [0.2, 0.25) is 0 Å². The van der Waals surface area contributed by atoms with Crippen LogP contribution in [0.2, 0.25) is 0 Å². The summed E-state index contributed by atoms with van der Waals surface area (Å²) in [4.78, 5) is 9.73. The van der Waals surface area contributed by atoms with E-state index in [1.165, 1.54) is 25.9 Å². The minimum atomic E-state index is 0. The van der Waals surface area contributed by atoms with Crippen LogP contribution in [0.1, 0.15) is 47.5 Å². The highest BCUT2D eigenvalue weighted by Gasteiger charge is 2.16. The molecule has 0 bridgehead atoms. The van der Waals surface area contributed by atoms with Gasteiger partial charge in [-0.2, -0.15) is 0 Å². The molecule has 0 amide bonds. The van der Waals surface area contributed by atoms with Crippen molar-refractivity contribution in [3.05, 3.63) is 0 Å². The van der Waals surface area contributed by atoms with Crippen molar-refractivity contribution in [2.75, 3.05) is 46.3 Å². The number of rotatable bonds is 8. The van der Waals surface area contributed by atoms with Crippen LogP contribution in [0.3, 0.4) is 0 Å². The van der Waals surface area contributed by atoms with E-state index in [-0.39, 0.29) is 24.0 Å². The fourth-order valence-corrected chi connectivity index (χ4v) is 3.22. The van der Waals surface area contributed by atoms with Crippen LogP contribution in [-0.4, -0.2) is 74.2 Å². The summed E-state index contributed by atoms with van der Waals surface area (Å²) in [5, 5.41) is 6.87. The molecule has 0 aromatic rings. The van der Waals surface area contributed by atoms with E-state index < -0.39 is 0 Å². The van der Waals surface area contributed by atoms with E-state index in [2.05, 4.69) is 62.1 Å². The van der Waals surface area contributed by atoms with Crippen LogP contribution >= 0.6 is 24.0 Å². The summed E-state index contributed by atoms with van der Waals surface area (Å²) in [7, 11) is 2.21. The van der Waals surface area contributed by atoms with E-state index >= 15 is 0 Å². The summed E-state index contributed by atoms with van der Waals surface area (Å²) in [5.74, 6) is 1.71. The van der Waals surface area contributed by atoms with E-state index in [0.29, 0.717) is 12.1 Å². The topological polar surface area (TPSA) is 42.9 Å². The first kappa shape index (κ1) is 23.9. The largest absolute Gasteiger partial charge is 0.357 e. The molecule has 1 heterocycles. The Morgan fingerprint density at radius 3 is 2.21 bits per heavy atom. The van der Waals surface area contributed by atoms with Crippen LogP contribution in [0, 0.1) is 5.92 Å². The maximum absolute atomic E-state index is 4.81. The molecule has 0 saturated carbocycles. The van der Waals surface area contributed by atoms with Crippen molar-refractivity contribution in [3.63, 3.8) is 0 Å². The predicted molar refractivity (Wildman–Crippen MR) is 117 cm³/mol. The summed E-state index contributed by atoms with van der Waals surface area (Å²) in [6.07, 6.45) is 2.54. The molecule has 144 valence electrons. The molecule has 6 heteroatoms. The second kappa shape index (κ2) is 13.2. The fourth-order valence-electron chi connectivity index (χ4n) is 3.22. The minimum absolute atomic E-state index is 0. The number of nitrogens with one attached hydrogen (secondary N) is 2. The number of piperidine rings is 1. The standard InChI is InChI=1S/C18H39N5.HI/c1-7-19-18(20-10-13-23(15(2)3)16(4)5)21-14-17-8-11-22(6)12-9-17;/h15-17H,7-14H2,1-6H3,(H2,19,20,21);1H. The molecular weight excluding hydrogens is 413 g/mol. The summed E-state index contributed by atoms with van der Waals surface area (Å²) in [6.45, 7) is 17.4. The molecule has 1 saturated heterocycles. The van der Waals surface area contributed by atoms with Gasteiger partial charge in [0.1, 0.15) is 0 Å². The molecule has 24 heavy (non-hydrogen) atoms. The lowest BCUT2D eigenvalue weighted by molar-refractivity contribution is 0.178. The molecule has 0 spiro atoms. The fraction of sp³-hybridized carbons (Fsp3) is 0.944.